The van der Waals surface area contributed by atoms with Gasteiger partial charge in [0, 0.05) is 0 Å². The monoisotopic (exact) mass is 162 g/mol. The third-order valence-corrected chi connectivity index (χ3v) is 1.77. The van der Waals surface area contributed by atoms with E-state index in [0.717, 1.165) is 5.56 Å². The molecule has 2 rings (SSSR count). The van der Waals surface area contributed by atoms with Crippen LogP contribution in [0.4, 0.5) is 0 Å². The summed E-state index contributed by atoms with van der Waals surface area (Å²) in [4.78, 5) is 9.93. The van der Waals surface area contributed by atoms with Gasteiger partial charge >= 0.3 is 0 Å². The van der Waals surface area contributed by atoms with Gasteiger partial charge in [-0.2, -0.15) is 0 Å². The second-order valence-electron chi connectivity index (χ2n) is 2.64. The molecule has 0 bridgehead atoms. The quantitative estimate of drug-likeness (QED) is 0.465. The Kier molecular flexibility index (Phi) is 2.21. The molecule has 1 aliphatic rings. The van der Waals surface area contributed by atoms with Crippen LogP contribution in [0.2, 0.25) is 0 Å². The number of hydrogen-bond donors (Lipinski definition) is 0. The van der Waals surface area contributed by atoms with Crippen molar-refractivity contribution in [3.8, 4) is 0 Å². The Labute approximate surface area is 71.4 Å². The summed E-state index contributed by atoms with van der Waals surface area (Å²) in [5, 5.41) is 0. The third-order valence-electron chi connectivity index (χ3n) is 1.77. The van der Waals surface area contributed by atoms with E-state index in [4.69, 9.17) is 9.78 Å². The molecule has 1 atom stereocenters. The van der Waals surface area contributed by atoms with Crippen molar-refractivity contribution in [2.75, 3.05) is 6.61 Å². The summed E-state index contributed by atoms with van der Waals surface area (Å²) in [6.07, 6.45) is 3.92. The van der Waals surface area contributed by atoms with Crippen LogP contribution in [0.5, 0.6) is 0 Å². The van der Waals surface area contributed by atoms with Gasteiger partial charge in [0.05, 0.1) is 0 Å². The number of hydrogen-bond acceptors (Lipinski definition) is 2. The van der Waals surface area contributed by atoms with Gasteiger partial charge in [-0.3, -0.25) is 0 Å². The van der Waals surface area contributed by atoms with Gasteiger partial charge in [-0.15, -0.1) is 0 Å². The van der Waals surface area contributed by atoms with Crippen LogP contribution >= 0.6 is 0 Å². The van der Waals surface area contributed by atoms with Crippen molar-refractivity contribution in [3.05, 3.63) is 48.0 Å². The molecular weight excluding hydrogens is 152 g/mol. The summed E-state index contributed by atoms with van der Waals surface area (Å²) in [5.41, 5.74) is 1.12. The zero-order valence-corrected chi connectivity index (χ0v) is 6.64. The molecule has 1 aromatic carbocycles. The van der Waals surface area contributed by atoms with Crippen LogP contribution in [0, 0.1) is 0 Å². The Bertz CT molecular complexity index is 266. The fraction of sp³-hybridized carbons (Fsp3) is 0.200. The predicted octanol–water partition coefficient (Wildman–Crippen LogP) is 2.25. The molecule has 1 heterocycles. The molecule has 12 heavy (non-hydrogen) atoms. The van der Waals surface area contributed by atoms with Gasteiger partial charge in [-0.25, -0.2) is 9.78 Å². The van der Waals surface area contributed by atoms with Crippen molar-refractivity contribution in [2.24, 2.45) is 0 Å². The minimum Gasteiger partial charge on any atom is -0.232 e. The summed E-state index contributed by atoms with van der Waals surface area (Å²) >= 11 is 0. The predicted molar refractivity (Wildman–Crippen MR) is 45.4 cm³/mol. The van der Waals surface area contributed by atoms with E-state index in [9.17, 15) is 0 Å². The lowest BCUT2D eigenvalue weighted by Crippen LogP contribution is -2.07. The molecule has 2 heteroatoms. The van der Waals surface area contributed by atoms with Gasteiger partial charge in [0.15, 0.2) is 0 Å². The lowest BCUT2D eigenvalue weighted by molar-refractivity contribution is -0.315. The van der Waals surface area contributed by atoms with Gasteiger partial charge < -0.3 is 0 Å². The Morgan fingerprint density at radius 1 is 1.17 bits per heavy atom. The summed E-state index contributed by atoms with van der Waals surface area (Å²) < 4.78 is 0. The lowest BCUT2D eigenvalue weighted by Gasteiger charge is -2.15. The summed E-state index contributed by atoms with van der Waals surface area (Å²) in [6, 6.07) is 9.99. The molecule has 0 radical (unpaired) electrons. The van der Waals surface area contributed by atoms with E-state index < -0.39 is 0 Å². The molecule has 1 aromatic rings. The summed E-state index contributed by atoms with van der Waals surface area (Å²) in [7, 11) is 0. The van der Waals surface area contributed by atoms with Crippen molar-refractivity contribution < 1.29 is 9.78 Å². The molecule has 0 saturated carbocycles. The van der Waals surface area contributed by atoms with E-state index in [1.54, 1.807) is 0 Å². The molecule has 2 nitrogen and oxygen atoms in total. The fourth-order valence-corrected chi connectivity index (χ4v) is 1.17. The van der Waals surface area contributed by atoms with E-state index in [1.165, 1.54) is 0 Å². The van der Waals surface area contributed by atoms with Crippen LogP contribution in [-0.2, 0) is 9.78 Å². The van der Waals surface area contributed by atoms with Crippen LogP contribution in [0.25, 0.3) is 0 Å². The first-order chi connectivity index (χ1) is 5.97. The highest BCUT2D eigenvalue weighted by Crippen LogP contribution is 2.20. The first-order valence-corrected chi connectivity index (χ1v) is 3.97. The molecule has 0 N–H and O–H groups in total. The SMILES string of the molecule is C1=C[C@@H](c2ccccc2)OOC1. The number of benzene rings is 1. The maximum atomic E-state index is 5.08. The van der Waals surface area contributed by atoms with E-state index in [0.29, 0.717) is 6.61 Å². The topological polar surface area (TPSA) is 18.5 Å². The molecule has 0 spiro atoms. The highest BCUT2D eigenvalue weighted by Gasteiger charge is 2.11. The lowest BCUT2D eigenvalue weighted by atomic mass is 10.1. The van der Waals surface area contributed by atoms with Gasteiger partial charge in [0.25, 0.3) is 0 Å². The van der Waals surface area contributed by atoms with E-state index in [2.05, 4.69) is 0 Å². The Hall–Kier alpha value is -1.12. The Balaban J connectivity index is 2.19. The van der Waals surface area contributed by atoms with Crippen LogP contribution in [0.1, 0.15) is 11.7 Å². The average Bonchev–Trinajstić information content (AvgIpc) is 2.21. The largest absolute Gasteiger partial charge is 0.232 e. The second-order valence-corrected chi connectivity index (χ2v) is 2.64. The zero-order chi connectivity index (χ0) is 8.23. The highest BCUT2D eigenvalue weighted by atomic mass is 17.2. The van der Waals surface area contributed by atoms with Crippen molar-refractivity contribution >= 4 is 0 Å². The average molecular weight is 162 g/mol. The summed E-state index contributed by atoms with van der Waals surface area (Å²) in [5.74, 6) is 0. The fourth-order valence-electron chi connectivity index (χ4n) is 1.17. The van der Waals surface area contributed by atoms with Crippen molar-refractivity contribution in [1.82, 2.24) is 0 Å². The van der Waals surface area contributed by atoms with Crippen molar-refractivity contribution in [1.29, 1.82) is 0 Å². The third kappa shape index (κ3) is 1.55. The molecule has 0 saturated heterocycles. The van der Waals surface area contributed by atoms with Crippen LogP contribution in [-0.4, -0.2) is 6.61 Å². The van der Waals surface area contributed by atoms with E-state index >= 15 is 0 Å². The standard InChI is InChI=1S/C10H10O2/c1-2-5-9(6-3-1)10-7-4-8-11-12-10/h1-7,10H,8H2/t10-/m0/s1. The van der Waals surface area contributed by atoms with Gasteiger partial charge in [-0.05, 0) is 11.6 Å². The first-order valence-electron chi connectivity index (χ1n) is 3.97. The maximum absolute atomic E-state index is 5.08. The minimum atomic E-state index is -0.0417. The highest BCUT2D eigenvalue weighted by molar-refractivity contribution is 5.21. The number of rotatable bonds is 1. The maximum Gasteiger partial charge on any atom is 0.136 e. The van der Waals surface area contributed by atoms with Crippen LogP contribution < -0.4 is 0 Å². The minimum absolute atomic E-state index is 0.0417. The zero-order valence-electron chi connectivity index (χ0n) is 6.64. The van der Waals surface area contributed by atoms with E-state index in [-0.39, 0.29) is 6.10 Å². The molecule has 0 unspecified atom stereocenters. The molecule has 0 aromatic heterocycles. The molecule has 0 fully saturated rings. The molecular formula is C10H10O2. The van der Waals surface area contributed by atoms with E-state index in [1.807, 2.05) is 42.5 Å². The second kappa shape index (κ2) is 3.52. The van der Waals surface area contributed by atoms with Gasteiger partial charge in [0.2, 0.25) is 0 Å². The van der Waals surface area contributed by atoms with Crippen LogP contribution in [0.15, 0.2) is 42.5 Å². The van der Waals surface area contributed by atoms with Crippen molar-refractivity contribution in [3.63, 3.8) is 0 Å². The van der Waals surface area contributed by atoms with Gasteiger partial charge in [0.1, 0.15) is 12.7 Å². The molecule has 0 aliphatic carbocycles. The first kappa shape index (κ1) is 7.53. The van der Waals surface area contributed by atoms with Crippen molar-refractivity contribution in [2.45, 2.75) is 6.10 Å². The Morgan fingerprint density at radius 3 is 2.67 bits per heavy atom. The Morgan fingerprint density at radius 2 is 2.00 bits per heavy atom. The van der Waals surface area contributed by atoms with Gasteiger partial charge in [-0.1, -0.05) is 36.4 Å². The molecule has 62 valence electrons. The normalized spacial score (nSPS) is 22.5. The smallest absolute Gasteiger partial charge is 0.136 e. The molecule has 0 amide bonds. The van der Waals surface area contributed by atoms with Crippen LogP contribution in [0.3, 0.4) is 0 Å². The summed E-state index contributed by atoms with van der Waals surface area (Å²) in [6.45, 7) is 0.545. The molecule has 1 aliphatic heterocycles.